The van der Waals surface area contributed by atoms with E-state index in [1.54, 1.807) is 11.6 Å². The molecule has 3 rings (SSSR count). The van der Waals surface area contributed by atoms with Gasteiger partial charge in [-0.05, 0) is 17.9 Å². The van der Waals surface area contributed by atoms with Crippen molar-refractivity contribution in [3.8, 4) is 0 Å². The van der Waals surface area contributed by atoms with E-state index in [1.165, 1.54) is 11.3 Å². The number of aromatic nitrogens is 2. The van der Waals surface area contributed by atoms with Gasteiger partial charge in [-0.2, -0.15) is 0 Å². The van der Waals surface area contributed by atoms with Crippen molar-refractivity contribution in [2.24, 2.45) is 7.05 Å². The molecule has 0 aliphatic carbocycles. The third-order valence-electron chi connectivity index (χ3n) is 3.00. The Labute approximate surface area is 103 Å². The standard InChI is InChI=1S/C12H13N3OS/c1-14-11(16)10-9(5-8-17-10)13-12(14)15-6-3-2-4-7-15/h2-3,5,8H,4,6-7H2,1H3. The van der Waals surface area contributed by atoms with Crippen LogP contribution in [0.1, 0.15) is 6.42 Å². The lowest BCUT2D eigenvalue weighted by Crippen LogP contribution is -2.33. The lowest BCUT2D eigenvalue weighted by molar-refractivity contribution is 0.729. The van der Waals surface area contributed by atoms with Crippen molar-refractivity contribution in [1.29, 1.82) is 0 Å². The Hall–Kier alpha value is -1.62. The van der Waals surface area contributed by atoms with Crippen LogP contribution in [0.25, 0.3) is 10.2 Å². The highest BCUT2D eigenvalue weighted by Crippen LogP contribution is 2.19. The molecule has 0 spiro atoms. The smallest absolute Gasteiger partial charge is 0.272 e. The Morgan fingerprint density at radius 1 is 1.41 bits per heavy atom. The number of thiophene rings is 1. The third-order valence-corrected chi connectivity index (χ3v) is 3.90. The molecule has 5 heteroatoms. The largest absolute Gasteiger partial charge is 0.338 e. The fraction of sp³-hybridized carbons (Fsp3) is 0.333. The molecule has 0 saturated heterocycles. The highest BCUT2D eigenvalue weighted by molar-refractivity contribution is 7.17. The van der Waals surface area contributed by atoms with Gasteiger partial charge in [-0.15, -0.1) is 11.3 Å². The molecule has 88 valence electrons. The van der Waals surface area contributed by atoms with Gasteiger partial charge in [-0.1, -0.05) is 12.2 Å². The maximum absolute atomic E-state index is 12.1. The first-order valence-electron chi connectivity index (χ1n) is 5.61. The molecule has 0 aromatic carbocycles. The van der Waals surface area contributed by atoms with Crippen LogP contribution in [0.3, 0.4) is 0 Å². The van der Waals surface area contributed by atoms with Crippen LogP contribution in [0.2, 0.25) is 0 Å². The quantitative estimate of drug-likeness (QED) is 0.721. The average molecular weight is 247 g/mol. The van der Waals surface area contributed by atoms with Crippen molar-refractivity contribution in [1.82, 2.24) is 9.55 Å². The second kappa shape index (κ2) is 4.00. The summed E-state index contributed by atoms with van der Waals surface area (Å²) in [6, 6.07) is 1.91. The van der Waals surface area contributed by atoms with Gasteiger partial charge in [0.1, 0.15) is 4.70 Å². The number of nitrogens with zero attached hydrogens (tertiary/aromatic N) is 3. The van der Waals surface area contributed by atoms with Crippen molar-refractivity contribution in [3.05, 3.63) is 34.0 Å². The minimum atomic E-state index is 0.0505. The van der Waals surface area contributed by atoms with Crippen molar-refractivity contribution in [2.75, 3.05) is 18.0 Å². The van der Waals surface area contributed by atoms with E-state index in [4.69, 9.17) is 0 Å². The summed E-state index contributed by atoms with van der Waals surface area (Å²) in [6.07, 6.45) is 5.29. The van der Waals surface area contributed by atoms with Gasteiger partial charge < -0.3 is 4.90 Å². The topological polar surface area (TPSA) is 38.1 Å². The van der Waals surface area contributed by atoms with Crippen LogP contribution in [-0.2, 0) is 7.05 Å². The van der Waals surface area contributed by atoms with E-state index in [0.29, 0.717) is 0 Å². The minimum Gasteiger partial charge on any atom is -0.338 e. The molecule has 1 aliphatic heterocycles. The minimum absolute atomic E-state index is 0.0505. The SMILES string of the molecule is Cn1c(N2CC=CCC2)nc2ccsc2c1=O. The van der Waals surface area contributed by atoms with Crippen LogP contribution in [0, 0.1) is 0 Å². The number of hydrogen-bond acceptors (Lipinski definition) is 4. The lowest BCUT2D eigenvalue weighted by atomic mass is 10.2. The molecule has 0 unspecified atom stereocenters. The highest BCUT2D eigenvalue weighted by Gasteiger charge is 2.15. The fourth-order valence-corrected chi connectivity index (χ4v) is 2.89. The number of hydrogen-bond donors (Lipinski definition) is 0. The summed E-state index contributed by atoms with van der Waals surface area (Å²) in [5.41, 5.74) is 0.859. The van der Waals surface area contributed by atoms with Crippen molar-refractivity contribution in [2.45, 2.75) is 6.42 Å². The summed E-state index contributed by atoms with van der Waals surface area (Å²) in [4.78, 5) is 18.9. The number of anilines is 1. The molecule has 0 saturated carbocycles. The monoisotopic (exact) mass is 247 g/mol. The summed E-state index contributed by atoms with van der Waals surface area (Å²) >= 11 is 1.46. The molecular formula is C12H13N3OS. The second-order valence-corrected chi connectivity index (χ2v) is 5.03. The van der Waals surface area contributed by atoms with Crippen molar-refractivity contribution < 1.29 is 0 Å². The fourth-order valence-electron chi connectivity index (χ4n) is 2.08. The zero-order chi connectivity index (χ0) is 11.8. The Balaban J connectivity index is 2.18. The van der Waals surface area contributed by atoms with Crippen LogP contribution >= 0.6 is 11.3 Å². The number of rotatable bonds is 1. The molecule has 3 heterocycles. The van der Waals surface area contributed by atoms with E-state index < -0.39 is 0 Å². The molecule has 0 amide bonds. The first-order chi connectivity index (χ1) is 8.27. The van der Waals surface area contributed by atoms with Gasteiger partial charge in [0.15, 0.2) is 0 Å². The van der Waals surface area contributed by atoms with E-state index in [0.717, 1.165) is 35.7 Å². The van der Waals surface area contributed by atoms with Crippen LogP contribution in [-0.4, -0.2) is 22.6 Å². The summed E-state index contributed by atoms with van der Waals surface area (Å²) in [6.45, 7) is 1.75. The zero-order valence-corrected chi connectivity index (χ0v) is 10.4. The lowest BCUT2D eigenvalue weighted by Gasteiger charge is -2.25. The normalized spacial score (nSPS) is 15.7. The van der Waals surface area contributed by atoms with Crippen LogP contribution in [0.5, 0.6) is 0 Å². The zero-order valence-electron chi connectivity index (χ0n) is 9.59. The van der Waals surface area contributed by atoms with Gasteiger partial charge in [0.05, 0.1) is 5.52 Å². The highest BCUT2D eigenvalue weighted by atomic mass is 32.1. The molecule has 4 nitrogen and oxygen atoms in total. The molecule has 1 aliphatic rings. The predicted molar refractivity (Wildman–Crippen MR) is 70.8 cm³/mol. The van der Waals surface area contributed by atoms with Gasteiger partial charge in [-0.3, -0.25) is 9.36 Å². The van der Waals surface area contributed by atoms with E-state index in [1.807, 2.05) is 11.4 Å². The van der Waals surface area contributed by atoms with E-state index >= 15 is 0 Å². The summed E-state index contributed by atoms with van der Waals surface area (Å²) < 4.78 is 2.39. The third kappa shape index (κ3) is 1.67. The Morgan fingerprint density at radius 3 is 3.06 bits per heavy atom. The summed E-state index contributed by atoms with van der Waals surface area (Å²) in [7, 11) is 1.79. The van der Waals surface area contributed by atoms with Crippen LogP contribution < -0.4 is 10.5 Å². The van der Waals surface area contributed by atoms with E-state index in [-0.39, 0.29) is 5.56 Å². The predicted octanol–water partition coefficient (Wildman–Crippen LogP) is 1.76. The number of fused-ring (bicyclic) bond motifs is 1. The molecule has 0 N–H and O–H groups in total. The molecular weight excluding hydrogens is 234 g/mol. The van der Waals surface area contributed by atoms with Crippen LogP contribution in [0.15, 0.2) is 28.4 Å². The van der Waals surface area contributed by atoms with Gasteiger partial charge in [0, 0.05) is 20.1 Å². The Morgan fingerprint density at radius 2 is 2.29 bits per heavy atom. The van der Waals surface area contributed by atoms with Gasteiger partial charge in [-0.25, -0.2) is 4.98 Å². The van der Waals surface area contributed by atoms with Gasteiger partial charge >= 0.3 is 0 Å². The second-order valence-electron chi connectivity index (χ2n) is 4.12. The van der Waals surface area contributed by atoms with Gasteiger partial charge in [0.25, 0.3) is 5.56 Å². The summed E-state index contributed by atoms with van der Waals surface area (Å²) in [5.74, 6) is 0.769. The summed E-state index contributed by atoms with van der Waals surface area (Å²) in [5, 5.41) is 1.92. The average Bonchev–Trinajstić information content (AvgIpc) is 2.83. The molecule has 0 fully saturated rings. The first kappa shape index (κ1) is 10.5. The Kier molecular flexibility index (Phi) is 2.48. The maximum Gasteiger partial charge on any atom is 0.272 e. The molecule has 0 atom stereocenters. The van der Waals surface area contributed by atoms with Gasteiger partial charge in [0.2, 0.25) is 5.95 Å². The molecule has 2 aromatic heterocycles. The van der Waals surface area contributed by atoms with E-state index in [2.05, 4.69) is 22.0 Å². The Bertz CT molecular complexity index is 641. The first-order valence-corrected chi connectivity index (χ1v) is 6.49. The maximum atomic E-state index is 12.1. The molecule has 2 aromatic rings. The molecule has 0 bridgehead atoms. The molecule has 0 radical (unpaired) electrons. The van der Waals surface area contributed by atoms with Crippen LogP contribution in [0.4, 0.5) is 5.95 Å². The van der Waals surface area contributed by atoms with E-state index in [9.17, 15) is 4.79 Å². The van der Waals surface area contributed by atoms with Crippen molar-refractivity contribution in [3.63, 3.8) is 0 Å². The molecule has 17 heavy (non-hydrogen) atoms. The van der Waals surface area contributed by atoms with Crippen molar-refractivity contribution >= 4 is 27.5 Å².